The zero-order valence-electron chi connectivity index (χ0n) is 17.9. The Labute approximate surface area is 188 Å². The predicted molar refractivity (Wildman–Crippen MR) is 129 cm³/mol. The van der Waals surface area contributed by atoms with Gasteiger partial charge in [0.25, 0.3) is 10.0 Å². The molecule has 1 amide bonds. The van der Waals surface area contributed by atoms with Gasteiger partial charge < -0.3 is 5.32 Å². The molecule has 5 nitrogen and oxygen atoms in total. The number of fused-ring (bicyclic) bond motifs is 1. The highest BCUT2D eigenvalue weighted by molar-refractivity contribution is 7.92. The van der Waals surface area contributed by atoms with Crippen molar-refractivity contribution in [2.45, 2.75) is 18.7 Å². The third kappa shape index (κ3) is 4.65. The monoisotopic (exact) mass is 444 g/mol. The zero-order valence-corrected chi connectivity index (χ0v) is 18.8. The van der Waals surface area contributed by atoms with Crippen LogP contribution in [0.25, 0.3) is 10.8 Å². The molecule has 0 saturated carbocycles. The first-order valence-corrected chi connectivity index (χ1v) is 11.7. The van der Waals surface area contributed by atoms with Crippen molar-refractivity contribution in [3.63, 3.8) is 0 Å². The lowest BCUT2D eigenvalue weighted by Crippen LogP contribution is -2.38. The minimum Gasteiger partial charge on any atom is -0.324 e. The summed E-state index contributed by atoms with van der Waals surface area (Å²) in [5.74, 6) is -0.419. The van der Waals surface area contributed by atoms with Crippen molar-refractivity contribution in [1.29, 1.82) is 0 Å². The van der Waals surface area contributed by atoms with E-state index in [-0.39, 0.29) is 11.4 Å². The summed E-state index contributed by atoms with van der Waals surface area (Å²) in [4.78, 5) is 13.1. The van der Waals surface area contributed by atoms with Crippen molar-refractivity contribution in [3.8, 4) is 0 Å². The van der Waals surface area contributed by atoms with Crippen LogP contribution in [-0.4, -0.2) is 20.9 Å². The highest BCUT2D eigenvalue weighted by Crippen LogP contribution is 2.25. The molecule has 0 unspecified atom stereocenters. The summed E-state index contributed by atoms with van der Waals surface area (Å²) < 4.78 is 28.1. The minimum absolute atomic E-state index is 0.142. The zero-order chi connectivity index (χ0) is 22.7. The predicted octanol–water partition coefficient (Wildman–Crippen LogP) is 5.29. The van der Waals surface area contributed by atoms with Crippen molar-refractivity contribution in [1.82, 2.24) is 0 Å². The molecule has 0 aliphatic rings. The van der Waals surface area contributed by atoms with Gasteiger partial charge in [-0.15, -0.1) is 0 Å². The summed E-state index contributed by atoms with van der Waals surface area (Å²) >= 11 is 0. The number of rotatable bonds is 6. The van der Waals surface area contributed by atoms with Crippen LogP contribution in [-0.2, 0) is 14.8 Å². The molecule has 0 aliphatic heterocycles. The SMILES string of the molecule is Cc1ccc(S(=O)(=O)N(CC(=O)Nc2ccc3ccccc3c2)c2cccc(C)c2)cc1. The molecule has 0 radical (unpaired) electrons. The molecule has 32 heavy (non-hydrogen) atoms. The maximum Gasteiger partial charge on any atom is 0.264 e. The van der Waals surface area contributed by atoms with E-state index in [0.717, 1.165) is 26.2 Å². The van der Waals surface area contributed by atoms with E-state index in [9.17, 15) is 13.2 Å². The molecule has 4 rings (SSSR count). The number of amides is 1. The number of sulfonamides is 1. The van der Waals surface area contributed by atoms with Gasteiger partial charge in [0.1, 0.15) is 6.54 Å². The van der Waals surface area contributed by atoms with Crippen molar-refractivity contribution >= 4 is 38.1 Å². The number of hydrogen-bond acceptors (Lipinski definition) is 3. The molecule has 0 heterocycles. The first-order chi connectivity index (χ1) is 15.3. The molecule has 6 heteroatoms. The molecule has 162 valence electrons. The quantitative estimate of drug-likeness (QED) is 0.439. The fraction of sp³-hybridized carbons (Fsp3) is 0.115. The largest absolute Gasteiger partial charge is 0.324 e. The van der Waals surface area contributed by atoms with Crippen molar-refractivity contribution in [2.75, 3.05) is 16.2 Å². The van der Waals surface area contributed by atoms with E-state index in [1.54, 1.807) is 42.5 Å². The molecule has 4 aromatic carbocycles. The maximum absolute atomic E-state index is 13.5. The van der Waals surface area contributed by atoms with Gasteiger partial charge in [0.05, 0.1) is 10.6 Å². The lowest BCUT2D eigenvalue weighted by atomic mass is 10.1. The second-order valence-corrected chi connectivity index (χ2v) is 9.64. The number of hydrogen-bond donors (Lipinski definition) is 1. The second-order valence-electron chi connectivity index (χ2n) is 7.77. The van der Waals surface area contributed by atoms with Crippen molar-refractivity contribution in [2.24, 2.45) is 0 Å². The molecule has 0 aliphatic carbocycles. The van der Waals surface area contributed by atoms with Crippen LogP contribution in [0.4, 0.5) is 11.4 Å². The van der Waals surface area contributed by atoms with E-state index in [1.807, 2.05) is 62.4 Å². The number of nitrogens with zero attached hydrogens (tertiary/aromatic N) is 1. The Hall–Kier alpha value is -3.64. The molecule has 1 N–H and O–H groups in total. The smallest absolute Gasteiger partial charge is 0.264 e. The van der Waals surface area contributed by atoms with E-state index >= 15 is 0 Å². The third-order valence-corrected chi connectivity index (χ3v) is 7.01. The van der Waals surface area contributed by atoms with Crippen molar-refractivity contribution in [3.05, 3.63) is 102 Å². The van der Waals surface area contributed by atoms with Crippen LogP contribution in [0.3, 0.4) is 0 Å². The fourth-order valence-corrected chi connectivity index (χ4v) is 4.95. The van der Waals surface area contributed by atoms with Crippen LogP contribution in [0.15, 0.2) is 95.9 Å². The first-order valence-electron chi connectivity index (χ1n) is 10.3. The Morgan fingerprint density at radius 2 is 1.50 bits per heavy atom. The highest BCUT2D eigenvalue weighted by atomic mass is 32.2. The van der Waals surface area contributed by atoms with Gasteiger partial charge >= 0.3 is 0 Å². The molecule has 4 aromatic rings. The summed E-state index contributed by atoms with van der Waals surface area (Å²) in [7, 11) is -3.94. The Morgan fingerprint density at radius 3 is 2.22 bits per heavy atom. The Balaban J connectivity index is 1.65. The number of carbonyl (C=O) groups is 1. The molecular formula is C26H24N2O3S. The Morgan fingerprint density at radius 1 is 0.781 bits per heavy atom. The summed E-state index contributed by atoms with van der Waals surface area (Å²) in [5, 5.41) is 4.89. The molecule has 0 fully saturated rings. The number of aryl methyl sites for hydroxylation is 2. The first kappa shape index (κ1) is 21.6. The van der Waals surface area contributed by atoms with E-state index < -0.39 is 15.9 Å². The summed E-state index contributed by atoms with van der Waals surface area (Å²) in [6.07, 6.45) is 0. The Bertz CT molecular complexity index is 1380. The number of benzene rings is 4. The fourth-order valence-electron chi connectivity index (χ4n) is 3.53. The van der Waals surface area contributed by atoms with Gasteiger partial charge in [0, 0.05) is 5.69 Å². The minimum atomic E-state index is -3.94. The van der Waals surface area contributed by atoms with Crippen LogP contribution >= 0.6 is 0 Å². The van der Waals surface area contributed by atoms with Gasteiger partial charge in [-0.25, -0.2) is 8.42 Å². The number of carbonyl (C=O) groups excluding carboxylic acids is 1. The summed E-state index contributed by atoms with van der Waals surface area (Å²) in [5.41, 5.74) is 2.92. The van der Waals surface area contributed by atoms with Gasteiger partial charge in [-0.3, -0.25) is 9.10 Å². The molecule has 0 saturated heterocycles. The lowest BCUT2D eigenvalue weighted by molar-refractivity contribution is -0.114. The van der Waals surface area contributed by atoms with E-state index in [1.165, 1.54) is 0 Å². The van der Waals surface area contributed by atoms with Gasteiger partial charge in [0.15, 0.2) is 0 Å². The van der Waals surface area contributed by atoms with Gasteiger partial charge in [-0.1, -0.05) is 60.2 Å². The van der Waals surface area contributed by atoms with Crippen LogP contribution in [0.2, 0.25) is 0 Å². The van der Waals surface area contributed by atoms with Gasteiger partial charge in [-0.05, 0) is 66.6 Å². The lowest BCUT2D eigenvalue weighted by Gasteiger charge is -2.24. The molecule has 0 aromatic heterocycles. The number of anilines is 2. The average Bonchev–Trinajstić information content (AvgIpc) is 2.77. The van der Waals surface area contributed by atoms with Gasteiger partial charge in [-0.2, -0.15) is 0 Å². The maximum atomic E-state index is 13.5. The van der Waals surface area contributed by atoms with E-state index in [0.29, 0.717) is 11.4 Å². The van der Waals surface area contributed by atoms with E-state index in [4.69, 9.17) is 0 Å². The summed E-state index contributed by atoms with van der Waals surface area (Å²) in [6.45, 7) is 3.44. The third-order valence-electron chi connectivity index (χ3n) is 5.22. The normalized spacial score (nSPS) is 11.3. The molecule has 0 bridgehead atoms. The topological polar surface area (TPSA) is 66.5 Å². The average molecular weight is 445 g/mol. The molecule has 0 atom stereocenters. The van der Waals surface area contributed by atoms with Gasteiger partial charge in [0.2, 0.25) is 5.91 Å². The molecular weight excluding hydrogens is 420 g/mol. The van der Waals surface area contributed by atoms with Crippen LogP contribution in [0, 0.1) is 13.8 Å². The molecule has 0 spiro atoms. The number of nitrogens with one attached hydrogen (secondary N) is 1. The second kappa shape index (κ2) is 8.85. The Kier molecular flexibility index (Phi) is 5.97. The van der Waals surface area contributed by atoms with Crippen LogP contribution in [0.1, 0.15) is 11.1 Å². The van der Waals surface area contributed by atoms with Crippen LogP contribution < -0.4 is 9.62 Å². The summed E-state index contributed by atoms with van der Waals surface area (Å²) in [6, 6.07) is 27.2. The highest BCUT2D eigenvalue weighted by Gasteiger charge is 2.27. The van der Waals surface area contributed by atoms with Crippen molar-refractivity contribution < 1.29 is 13.2 Å². The van der Waals surface area contributed by atoms with Crippen LogP contribution in [0.5, 0.6) is 0 Å². The van der Waals surface area contributed by atoms with E-state index in [2.05, 4.69) is 5.32 Å². The standard InChI is InChI=1S/C26H24N2O3S/c1-19-10-14-25(15-11-19)32(30,31)28(24-9-5-6-20(2)16-24)18-26(29)27-23-13-12-21-7-3-4-8-22(21)17-23/h3-17H,18H2,1-2H3,(H,27,29).